The lowest BCUT2D eigenvalue weighted by Gasteiger charge is -2.26. The number of fused-ring (bicyclic) bond motifs is 1. The fourth-order valence-corrected chi connectivity index (χ4v) is 5.72. The molecule has 1 aliphatic carbocycles. The van der Waals surface area contributed by atoms with Crippen LogP contribution in [-0.2, 0) is 35.0 Å². The molecule has 34 heavy (non-hydrogen) atoms. The molecule has 0 saturated carbocycles. The van der Waals surface area contributed by atoms with Crippen LogP contribution >= 0.6 is 11.6 Å². The minimum Gasteiger partial charge on any atom is -0.367 e. The zero-order valence-corrected chi connectivity index (χ0v) is 20.1. The average Bonchev–Trinajstić information content (AvgIpc) is 3.20. The van der Waals surface area contributed by atoms with Crippen LogP contribution in [-0.4, -0.2) is 51.3 Å². The molecule has 186 valence electrons. The lowest BCUT2D eigenvalue weighted by atomic mass is 10.0. The number of alkyl halides is 3. The number of carbonyl (C=O) groups is 1. The van der Waals surface area contributed by atoms with E-state index in [0.29, 0.717) is 42.9 Å². The second-order valence-corrected chi connectivity index (χ2v) is 10.5. The molecule has 1 aromatic heterocycles. The number of rotatable bonds is 5. The molecule has 1 aliphatic heterocycles. The third kappa shape index (κ3) is 7.15. The molecule has 0 spiro atoms. The van der Waals surface area contributed by atoms with Crippen LogP contribution in [0.5, 0.6) is 0 Å². The Morgan fingerprint density at radius 2 is 1.88 bits per heavy atom. The summed E-state index contributed by atoms with van der Waals surface area (Å²) in [6, 6.07) is 7.41. The molecule has 0 bridgehead atoms. The summed E-state index contributed by atoms with van der Waals surface area (Å²) in [6.07, 6.45) is 4.48. The first-order valence-electron chi connectivity index (χ1n) is 10.8. The Labute approximate surface area is 203 Å². The molecule has 1 saturated heterocycles. The Morgan fingerprint density at radius 1 is 1.21 bits per heavy atom. The second kappa shape index (κ2) is 12.0. The van der Waals surface area contributed by atoms with Gasteiger partial charge in [-0.1, -0.05) is 23.7 Å². The third-order valence-corrected chi connectivity index (χ3v) is 7.59. The summed E-state index contributed by atoms with van der Waals surface area (Å²) >= 11 is 5.89. The Kier molecular flexibility index (Phi) is 9.30. The van der Waals surface area contributed by atoms with Crippen LogP contribution < -0.4 is 5.32 Å². The van der Waals surface area contributed by atoms with E-state index in [9.17, 15) is 26.6 Å². The number of carbonyl (C=O) groups excluding carboxylic acids is 1. The van der Waals surface area contributed by atoms with Gasteiger partial charge in [0.05, 0.1) is 5.02 Å². The highest BCUT2D eigenvalue weighted by Crippen LogP contribution is 2.30. The van der Waals surface area contributed by atoms with E-state index in [4.69, 9.17) is 11.6 Å². The van der Waals surface area contributed by atoms with Gasteiger partial charge < -0.3 is 10.2 Å². The maximum absolute atomic E-state index is 14.2. The Morgan fingerprint density at radius 3 is 2.50 bits per heavy atom. The Balaban J connectivity index is 0.000000751. The van der Waals surface area contributed by atoms with E-state index in [0.717, 1.165) is 23.4 Å². The van der Waals surface area contributed by atoms with Crippen LogP contribution in [0.1, 0.15) is 29.5 Å². The summed E-state index contributed by atoms with van der Waals surface area (Å²) in [6.45, 7) is -3.18. The van der Waals surface area contributed by atoms with Crippen LogP contribution in [0, 0.1) is 11.7 Å². The van der Waals surface area contributed by atoms with E-state index in [-0.39, 0.29) is 28.7 Å². The smallest absolute Gasteiger partial charge is 0.367 e. The van der Waals surface area contributed by atoms with Gasteiger partial charge in [-0.3, -0.25) is 9.00 Å². The normalized spacial score (nSPS) is 21.4. The summed E-state index contributed by atoms with van der Waals surface area (Å²) in [4.78, 5) is 18.8. The topological polar surface area (TPSA) is 62.3 Å². The SMILES string of the molecule is CN(Cc1ccc(NC2Cc3ccc(Cl)c(F)c3C2)nc1)C(=O)C1CCS(=O)CC1.FC(F)F. The molecular weight excluding hydrogens is 494 g/mol. The Bertz CT molecular complexity index is 1010. The van der Waals surface area contributed by atoms with Crippen LogP contribution in [0.25, 0.3) is 0 Å². The second-order valence-electron chi connectivity index (χ2n) is 8.36. The molecule has 1 amide bonds. The predicted octanol–water partition coefficient (Wildman–Crippen LogP) is 4.75. The molecule has 11 heteroatoms. The van der Waals surface area contributed by atoms with Crippen molar-refractivity contribution >= 4 is 34.1 Å². The van der Waals surface area contributed by atoms with Crippen LogP contribution in [0.4, 0.5) is 23.4 Å². The molecule has 1 N–H and O–H groups in total. The van der Waals surface area contributed by atoms with E-state index >= 15 is 0 Å². The van der Waals surface area contributed by atoms with Crippen molar-refractivity contribution in [2.24, 2.45) is 5.92 Å². The largest absolute Gasteiger partial charge is 0.379 e. The van der Waals surface area contributed by atoms with Gasteiger partial charge in [-0.05, 0) is 54.5 Å². The lowest BCUT2D eigenvalue weighted by molar-refractivity contribution is -0.135. The third-order valence-electron chi connectivity index (χ3n) is 5.92. The van der Waals surface area contributed by atoms with E-state index in [2.05, 4.69) is 10.3 Å². The molecule has 2 aliphatic rings. The van der Waals surface area contributed by atoms with Crippen molar-refractivity contribution in [3.05, 3.63) is 58.0 Å². The minimum absolute atomic E-state index is 0.0282. The van der Waals surface area contributed by atoms with E-state index in [1.165, 1.54) is 0 Å². The van der Waals surface area contributed by atoms with Crippen molar-refractivity contribution in [2.75, 3.05) is 23.9 Å². The number of benzene rings is 1. The molecule has 2 aromatic rings. The number of nitrogens with one attached hydrogen (secondary N) is 1. The lowest BCUT2D eigenvalue weighted by Crippen LogP contribution is -2.36. The number of aromatic nitrogens is 1. The number of pyridine rings is 1. The van der Waals surface area contributed by atoms with Gasteiger partial charge in [0.25, 0.3) is 0 Å². The van der Waals surface area contributed by atoms with Crippen molar-refractivity contribution in [1.82, 2.24) is 9.88 Å². The number of halogens is 5. The summed E-state index contributed by atoms with van der Waals surface area (Å²) in [7, 11) is 1.04. The van der Waals surface area contributed by atoms with Gasteiger partial charge in [0.15, 0.2) is 0 Å². The monoisotopic (exact) mass is 519 g/mol. The fraction of sp³-hybridized carbons (Fsp3) is 0.478. The highest BCUT2D eigenvalue weighted by Gasteiger charge is 2.27. The van der Waals surface area contributed by atoms with Crippen molar-refractivity contribution in [3.63, 3.8) is 0 Å². The summed E-state index contributed by atoms with van der Waals surface area (Å²) in [5.74, 6) is 1.73. The molecular formula is C23H26ClF4N3O2S. The minimum atomic E-state index is -3.67. The maximum Gasteiger partial charge on any atom is 0.379 e. The molecule has 1 fully saturated rings. The number of nitrogens with zero attached hydrogens (tertiary/aromatic N) is 2. The zero-order chi connectivity index (χ0) is 24.8. The van der Waals surface area contributed by atoms with Crippen molar-refractivity contribution < 1.29 is 26.6 Å². The van der Waals surface area contributed by atoms with E-state index < -0.39 is 17.5 Å². The van der Waals surface area contributed by atoms with Gasteiger partial charge >= 0.3 is 6.68 Å². The first kappa shape index (κ1) is 26.4. The molecule has 1 unspecified atom stereocenters. The van der Waals surface area contributed by atoms with E-state index in [1.54, 1.807) is 24.2 Å². The van der Waals surface area contributed by atoms with Gasteiger partial charge in [0.1, 0.15) is 11.6 Å². The predicted molar refractivity (Wildman–Crippen MR) is 125 cm³/mol. The first-order chi connectivity index (χ1) is 16.1. The van der Waals surface area contributed by atoms with Crippen molar-refractivity contribution in [2.45, 2.75) is 44.9 Å². The van der Waals surface area contributed by atoms with Crippen LogP contribution in [0.3, 0.4) is 0 Å². The molecule has 5 nitrogen and oxygen atoms in total. The quantitative estimate of drug-likeness (QED) is 0.579. The first-order valence-corrected chi connectivity index (χ1v) is 12.7. The van der Waals surface area contributed by atoms with Gasteiger partial charge in [-0.2, -0.15) is 13.2 Å². The van der Waals surface area contributed by atoms with E-state index in [1.807, 2.05) is 18.2 Å². The van der Waals surface area contributed by atoms with Crippen LogP contribution in [0.2, 0.25) is 5.02 Å². The molecule has 2 heterocycles. The number of hydrogen-bond acceptors (Lipinski definition) is 4. The van der Waals surface area contributed by atoms with Gasteiger partial charge in [0.2, 0.25) is 5.91 Å². The average molecular weight is 520 g/mol. The summed E-state index contributed by atoms with van der Waals surface area (Å²) in [5.41, 5.74) is 2.62. The van der Waals surface area contributed by atoms with Gasteiger partial charge in [-0.25, -0.2) is 9.37 Å². The number of hydrogen-bond donors (Lipinski definition) is 1. The fourth-order valence-electron chi connectivity index (χ4n) is 4.25. The van der Waals surface area contributed by atoms with Crippen molar-refractivity contribution in [3.8, 4) is 0 Å². The highest BCUT2D eigenvalue weighted by molar-refractivity contribution is 7.85. The molecule has 1 atom stereocenters. The highest BCUT2D eigenvalue weighted by atomic mass is 35.5. The van der Waals surface area contributed by atoms with Gasteiger partial charge in [-0.15, -0.1) is 0 Å². The summed E-state index contributed by atoms with van der Waals surface area (Å²) < 4.78 is 54.7. The number of anilines is 1. The van der Waals surface area contributed by atoms with Crippen molar-refractivity contribution in [1.29, 1.82) is 0 Å². The van der Waals surface area contributed by atoms with Crippen LogP contribution in [0.15, 0.2) is 30.5 Å². The molecule has 1 aromatic carbocycles. The molecule has 0 radical (unpaired) electrons. The summed E-state index contributed by atoms with van der Waals surface area (Å²) in [5, 5.41) is 3.53. The molecule has 4 rings (SSSR count). The van der Waals surface area contributed by atoms with Gasteiger partial charge in [0, 0.05) is 54.1 Å². The maximum atomic E-state index is 14.2. The number of amides is 1. The zero-order valence-electron chi connectivity index (χ0n) is 18.6. The Hall–Kier alpha value is -2.20. The standard InChI is InChI=1S/C22H25ClFN3O2S.CHF3/c1-27(22(28)15-6-8-30(29)9-7-15)13-14-2-5-20(25-12-14)26-17-10-16-3-4-19(23)21(24)18(16)11-17;2-1(3)4/h2-5,12,15,17H,6-11,13H2,1H3,(H,25,26);1H.